The van der Waals surface area contributed by atoms with Gasteiger partial charge in [-0.2, -0.15) is 0 Å². The fourth-order valence-electron chi connectivity index (χ4n) is 3.31. The van der Waals surface area contributed by atoms with E-state index in [1.807, 2.05) is 31.2 Å². The zero-order chi connectivity index (χ0) is 17.3. The van der Waals surface area contributed by atoms with Crippen LogP contribution in [0.15, 0.2) is 23.8 Å². The topological polar surface area (TPSA) is 76.1 Å². The lowest BCUT2D eigenvalue weighted by molar-refractivity contribution is -0.147. The molecular formula is C18H21NO5. The number of carbonyl (C=O) groups is 2. The van der Waals surface area contributed by atoms with Gasteiger partial charge in [0.1, 0.15) is 18.1 Å². The summed E-state index contributed by atoms with van der Waals surface area (Å²) in [6, 6.07) is 5.48. The highest BCUT2D eigenvalue weighted by Gasteiger charge is 2.34. The molecular weight excluding hydrogens is 310 g/mol. The summed E-state index contributed by atoms with van der Waals surface area (Å²) in [4.78, 5) is 25.7. The summed E-state index contributed by atoms with van der Waals surface area (Å²) in [6.45, 7) is 3.02. The highest BCUT2D eigenvalue weighted by molar-refractivity contribution is 5.99. The first-order valence-electron chi connectivity index (χ1n) is 8.03. The number of carbonyl (C=O) groups excluding carboxylic acids is 1. The van der Waals surface area contributed by atoms with Crippen LogP contribution >= 0.6 is 0 Å². The zero-order valence-electron chi connectivity index (χ0n) is 13.8. The van der Waals surface area contributed by atoms with Gasteiger partial charge in [-0.15, -0.1) is 0 Å². The maximum atomic E-state index is 12.7. The van der Waals surface area contributed by atoms with Gasteiger partial charge in [0.25, 0.3) is 5.91 Å². The van der Waals surface area contributed by atoms with Crippen LogP contribution in [0.3, 0.4) is 0 Å². The van der Waals surface area contributed by atoms with Crippen LogP contribution < -0.4 is 9.47 Å². The van der Waals surface area contributed by atoms with Gasteiger partial charge >= 0.3 is 5.97 Å². The Labute approximate surface area is 140 Å². The Morgan fingerprint density at radius 3 is 2.83 bits per heavy atom. The molecule has 0 aliphatic carbocycles. The molecule has 1 aromatic rings. The number of carboxylic acids is 1. The first kappa shape index (κ1) is 16.4. The third-order valence-corrected chi connectivity index (χ3v) is 4.71. The molecule has 128 valence electrons. The van der Waals surface area contributed by atoms with E-state index >= 15 is 0 Å². The minimum Gasteiger partial charge on any atom is -0.497 e. The quantitative estimate of drug-likeness (QED) is 0.917. The first-order chi connectivity index (χ1) is 11.5. The Bertz CT molecular complexity index is 697. The van der Waals surface area contributed by atoms with E-state index < -0.39 is 5.97 Å². The van der Waals surface area contributed by atoms with Gasteiger partial charge in [-0.25, -0.2) is 0 Å². The number of methoxy groups -OCH3 is 1. The molecule has 2 heterocycles. The van der Waals surface area contributed by atoms with Crippen molar-refractivity contribution in [2.24, 2.45) is 11.8 Å². The summed E-state index contributed by atoms with van der Waals surface area (Å²) in [5, 5.41) is 9.19. The average molecular weight is 331 g/mol. The molecule has 1 saturated heterocycles. The van der Waals surface area contributed by atoms with Crippen LogP contribution in [0.1, 0.15) is 18.9 Å². The van der Waals surface area contributed by atoms with Crippen LogP contribution in [-0.4, -0.2) is 48.7 Å². The molecule has 1 fully saturated rings. The van der Waals surface area contributed by atoms with Crippen LogP contribution in [0.4, 0.5) is 0 Å². The van der Waals surface area contributed by atoms with E-state index in [4.69, 9.17) is 9.47 Å². The number of fused-ring (bicyclic) bond motifs is 1. The van der Waals surface area contributed by atoms with Gasteiger partial charge in [0.2, 0.25) is 0 Å². The minimum absolute atomic E-state index is 0.0577. The van der Waals surface area contributed by atoms with E-state index in [0.717, 1.165) is 11.3 Å². The van der Waals surface area contributed by atoms with Gasteiger partial charge in [0.15, 0.2) is 0 Å². The van der Waals surface area contributed by atoms with Crippen LogP contribution in [0.25, 0.3) is 6.08 Å². The summed E-state index contributed by atoms with van der Waals surface area (Å²) >= 11 is 0. The van der Waals surface area contributed by atoms with Crippen molar-refractivity contribution >= 4 is 18.0 Å². The number of carboxylic acid groups (broad SMARTS) is 1. The summed E-state index contributed by atoms with van der Waals surface area (Å²) in [7, 11) is 1.59. The number of benzene rings is 1. The number of piperidine rings is 1. The van der Waals surface area contributed by atoms with Crippen molar-refractivity contribution in [3.63, 3.8) is 0 Å². The number of amides is 1. The van der Waals surface area contributed by atoms with E-state index in [2.05, 4.69) is 0 Å². The fraction of sp³-hybridized carbons (Fsp3) is 0.444. The molecule has 0 radical (unpaired) electrons. The molecule has 0 aromatic heterocycles. The lowest BCUT2D eigenvalue weighted by Gasteiger charge is -2.35. The van der Waals surface area contributed by atoms with Gasteiger partial charge in [-0.3, -0.25) is 9.59 Å². The maximum Gasteiger partial charge on any atom is 0.306 e. The van der Waals surface area contributed by atoms with Crippen LogP contribution in [0.5, 0.6) is 11.5 Å². The second kappa shape index (κ2) is 6.55. The molecule has 1 N–H and O–H groups in total. The van der Waals surface area contributed by atoms with Gasteiger partial charge < -0.3 is 19.5 Å². The molecule has 0 spiro atoms. The first-order valence-corrected chi connectivity index (χ1v) is 8.03. The van der Waals surface area contributed by atoms with Crippen LogP contribution in [0, 0.1) is 11.8 Å². The molecule has 2 atom stereocenters. The Kier molecular flexibility index (Phi) is 4.46. The lowest BCUT2D eigenvalue weighted by atomic mass is 9.86. The highest BCUT2D eigenvalue weighted by atomic mass is 16.5. The monoisotopic (exact) mass is 331 g/mol. The molecule has 2 unspecified atom stereocenters. The SMILES string of the molecule is COc1ccc2c(c1)C=C(C(=O)N1CCC(C(=O)O)C(C)C1)CO2. The van der Waals surface area contributed by atoms with Gasteiger partial charge in [-0.05, 0) is 36.6 Å². The summed E-state index contributed by atoms with van der Waals surface area (Å²) in [6.07, 6.45) is 2.32. The second-order valence-corrected chi connectivity index (χ2v) is 6.32. The Morgan fingerprint density at radius 1 is 1.38 bits per heavy atom. The Morgan fingerprint density at radius 2 is 2.17 bits per heavy atom. The van der Waals surface area contributed by atoms with E-state index in [-0.39, 0.29) is 24.3 Å². The average Bonchev–Trinajstić information content (AvgIpc) is 2.59. The van der Waals surface area contributed by atoms with Crippen molar-refractivity contribution in [1.29, 1.82) is 0 Å². The Balaban J connectivity index is 1.76. The molecule has 2 aliphatic rings. The minimum atomic E-state index is -0.782. The molecule has 1 amide bonds. The van der Waals surface area contributed by atoms with E-state index in [0.29, 0.717) is 30.8 Å². The number of aliphatic carboxylic acids is 1. The van der Waals surface area contributed by atoms with Crippen LogP contribution in [0.2, 0.25) is 0 Å². The predicted molar refractivity (Wildman–Crippen MR) is 88.0 cm³/mol. The molecule has 0 saturated carbocycles. The molecule has 24 heavy (non-hydrogen) atoms. The molecule has 6 heteroatoms. The van der Waals surface area contributed by atoms with E-state index in [1.54, 1.807) is 12.0 Å². The third kappa shape index (κ3) is 3.09. The fourth-order valence-corrected chi connectivity index (χ4v) is 3.31. The van der Waals surface area contributed by atoms with E-state index in [1.165, 1.54) is 0 Å². The maximum absolute atomic E-state index is 12.7. The van der Waals surface area contributed by atoms with Gasteiger partial charge in [0.05, 0.1) is 18.6 Å². The number of nitrogens with zero attached hydrogens (tertiary/aromatic N) is 1. The number of hydrogen-bond acceptors (Lipinski definition) is 4. The number of rotatable bonds is 3. The standard InChI is InChI=1S/C18H21NO5/c1-11-9-19(6-5-15(11)18(21)22)17(20)13-7-12-8-14(23-2)3-4-16(12)24-10-13/h3-4,7-8,11,15H,5-6,9-10H2,1-2H3,(H,21,22). The summed E-state index contributed by atoms with van der Waals surface area (Å²) < 4.78 is 10.9. The van der Waals surface area contributed by atoms with Crippen molar-refractivity contribution in [1.82, 2.24) is 4.90 Å². The number of hydrogen-bond donors (Lipinski definition) is 1. The van der Waals surface area contributed by atoms with Crippen molar-refractivity contribution in [3.8, 4) is 11.5 Å². The second-order valence-electron chi connectivity index (χ2n) is 6.32. The largest absolute Gasteiger partial charge is 0.497 e. The van der Waals surface area contributed by atoms with Gasteiger partial charge in [0, 0.05) is 18.7 Å². The zero-order valence-corrected chi connectivity index (χ0v) is 13.8. The van der Waals surface area contributed by atoms with Crippen molar-refractivity contribution in [3.05, 3.63) is 29.3 Å². The van der Waals surface area contributed by atoms with Crippen molar-refractivity contribution < 1.29 is 24.2 Å². The van der Waals surface area contributed by atoms with Crippen molar-refractivity contribution in [2.45, 2.75) is 13.3 Å². The highest BCUT2D eigenvalue weighted by Crippen LogP contribution is 2.31. The summed E-state index contributed by atoms with van der Waals surface area (Å²) in [5.74, 6) is 0.131. The van der Waals surface area contributed by atoms with Gasteiger partial charge in [-0.1, -0.05) is 6.92 Å². The molecule has 2 aliphatic heterocycles. The van der Waals surface area contributed by atoms with Crippen molar-refractivity contribution in [2.75, 3.05) is 26.8 Å². The predicted octanol–water partition coefficient (Wildman–Crippen LogP) is 2.04. The molecule has 0 bridgehead atoms. The molecule has 3 rings (SSSR count). The normalized spacial score (nSPS) is 22.9. The smallest absolute Gasteiger partial charge is 0.306 e. The van der Waals surface area contributed by atoms with E-state index in [9.17, 15) is 14.7 Å². The molecule has 6 nitrogen and oxygen atoms in total. The third-order valence-electron chi connectivity index (χ3n) is 4.71. The van der Waals surface area contributed by atoms with Crippen LogP contribution in [-0.2, 0) is 9.59 Å². The lowest BCUT2D eigenvalue weighted by Crippen LogP contribution is -2.46. The number of likely N-dealkylation sites (tertiary alicyclic amines) is 1. The Hall–Kier alpha value is -2.50. The molecule has 1 aromatic carbocycles. The number of ether oxygens (including phenoxy) is 2. The summed E-state index contributed by atoms with van der Waals surface area (Å²) in [5.41, 5.74) is 1.40.